The van der Waals surface area contributed by atoms with Gasteiger partial charge >= 0.3 is 11.9 Å². The van der Waals surface area contributed by atoms with E-state index in [0.717, 1.165) is 77.0 Å². The number of carboxylic acids is 1. The number of rotatable bonds is 41. The molecule has 326 valence electrons. The molecule has 1 amide bonds. The van der Waals surface area contributed by atoms with Gasteiger partial charge in [0, 0.05) is 12.8 Å². The molecular formula is C50H86N2O5. The van der Waals surface area contributed by atoms with E-state index in [1.807, 2.05) is 6.08 Å². The summed E-state index contributed by atoms with van der Waals surface area (Å²) in [4.78, 5) is 36.4. The third kappa shape index (κ3) is 40.8. The van der Waals surface area contributed by atoms with Crippen molar-refractivity contribution >= 4 is 17.8 Å². The molecule has 0 aliphatic heterocycles. The van der Waals surface area contributed by atoms with Gasteiger partial charge in [-0.05, 0) is 109 Å². The Morgan fingerprint density at radius 2 is 1.02 bits per heavy atom. The van der Waals surface area contributed by atoms with E-state index < -0.39 is 12.0 Å². The molecule has 0 fully saturated rings. The third-order valence-corrected chi connectivity index (χ3v) is 9.99. The number of nitrogens with two attached hydrogens (primary N) is 1. The molecule has 0 saturated carbocycles. The monoisotopic (exact) mass is 795 g/mol. The summed E-state index contributed by atoms with van der Waals surface area (Å²) in [6, 6.07) is -0.877. The molecule has 0 rings (SSSR count). The first-order chi connectivity index (χ1) is 27.9. The first kappa shape index (κ1) is 53.8. The van der Waals surface area contributed by atoms with E-state index in [1.165, 1.54) is 83.5 Å². The average molecular weight is 795 g/mol. The van der Waals surface area contributed by atoms with Crippen LogP contribution in [0.25, 0.3) is 0 Å². The van der Waals surface area contributed by atoms with Gasteiger partial charge in [0.1, 0.15) is 12.1 Å². The quantitative estimate of drug-likeness (QED) is 0.0322. The predicted molar refractivity (Wildman–Crippen MR) is 243 cm³/mol. The normalized spacial score (nSPS) is 13.3. The molecule has 2 unspecified atom stereocenters. The number of carboxylic acid groups (broad SMARTS) is 1. The Bertz CT molecular complexity index is 1120. The fourth-order valence-electron chi connectivity index (χ4n) is 6.51. The first-order valence-corrected chi connectivity index (χ1v) is 23.3. The molecule has 0 heterocycles. The van der Waals surface area contributed by atoms with Gasteiger partial charge in [0.2, 0.25) is 5.91 Å². The lowest BCUT2D eigenvalue weighted by Gasteiger charge is -2.15. The highest BCUT2D eigenvalue weighted by atomic mass is 16.5. The molecule has 2 atom stereocenters. The van der Waals surface area contributed by atoms with Crippen LogP contribution in [0.5, 0.6) is 0 Å². The van der Waals surface area contributed by atoms with Crippen LogP contribution in [0.3, 0.4) is 0 Å². The molecule has 0 aromatic carbocycles. The maximum atomic E-state index is 12.8. The van der Waals surface area contributed by atoms with Crippen molar-refractivity contribution in [1.82, 2.24) is 5.32 Å². The van der Waals surface area contributed by atoms with Gasteiger partial charge < -0.3 is 20.9 Å². The van der Waals surface area contributed by atoms with Crippen LogP contribution < -0.4 is 11.1 Å². The van der Waals surface area contributed by atoms with Crippen molar-refractivity contribution in [1.29, 1.82) is 0 Å². The number of hydrogen-bond donors (Lipinski definition) is 3. The summed E-state index contributed by atoms with van der Waals surface area (Å²) in [7, 11) is 0. The van der Waals surface area contributed by atoms with E-state index in [-0.39, 0.29) is 18.0 Å². The number of amides is 1. The molecule has 0 aliphatic carbocycles. The number of unbranched alkanes of at least 4 members (excludes halogenated alkanes) is 17. The number of aliphatic carboxylic acids is 1. The van der Waals surface area contributed by atoms with Gasteiger partial charge in [-0.25, -0.2) is 4.79 Å². The van der Waals surface area contributed by atoms with Gasteiger partial charge in [-0.2, -0.15) is 0 Å². The number of allylic oxidation sites excluding steroid dienone is 11. The van der Waals surface area contributed by atoms with Crippen LogP contribution in [0.2, 0.25) is 0 Å². The molecule has 0 aromatic rings. The molecule has 0 saturated heterocycles. The molecule has 7 heteroatoms. The Balaban J connectivity index is 4.21. The zero-order chi connectivity index (χ0) is 41.7. The number of carbonyl (C=O) groups is 3. The first-order valence-electron chi connectivity index (χ1n) is 23.3. The van der Waals surface area contributed by atoms with Crippen LogP contribution in [-0.4, -0.2) is 41.6 Å². The number of carbonyl (C=O) groups excluding carboxylic acids is 2. The maximum Gasteiger partial charge on any atom is 0.326 e. The highest BCUT2D eigenvalue weighted by Crippen LogP contribution is 2.16. The zero-order valence-corrected chi connectivity index (χ0v) is 36.7. The van der Waals surface area contributed by atoms with Gasteiger partial charge in [0.25, 0.3) is 0 Å². The largest absolute Gasteiger partial charge is 0.480 e. The second-order valence-electron chi connectivity index (χ2n) is 15.4. The van der Waals surface area contributed by atoms with Crippen molar-refractivity contribution in [2.45, 2.75) is 219 Å². The van der Waals surface area contributed by atoms with Crippen molar-refractivity contribution in [2.24, 2.45) is 5.73 Å². The van der Waals surface area contributed by atoms with Crippen LogP contribution in [0.15, 0.2) is 72.9 Å². The Hall–Kier alpha value is -3.19. The lowest BCUT2D eigenvalue weighted by molar-refractivity contribution is -0.147. The lowest BCUT2D eigenvalue weighted by atomic mass is 10.0. The zero-order valence-electron chi connectivity index (χ0n) is 36.7. The smallest absolute Gasteiger partial charge is 0.326 e. The summed E-state index contributed by atoms with van der Waals surface area (Å²) in [5.41, 5.74) is 5.49. The second kappa shape index (κ2) is 43.9. The van der Waals surface area contributed by atoms with Crippen LogP contribution in [0, 0.1) is 0 Å². The molecule has 7 nitrogen and oxygen atoms in total. The maximum absolute atomic E-state index is 12.8. The summed E-state index contributed by atoms with van der Waals surface area (Å²) < 4.78 is 5.93. The highest BCUT2D eigenvalue weighted by molar-refractivity contribution is 5.83. The van der Waals surface area contributed by atoms with Gasteiger partial charge in [-0.15, -0.1) is 0 Å². The molecular weight excluding hydrogens is 709 g/mol. The van der Waals surface area contributed by atoms with E-state index in [0.29, 0.717) is 38.6 Å². The van der Waals surface area contributed by atoms with Crippen molar-refractivity contribution in [3.8, 4) is 0 Å². The number of ether oxygens (including phenoxy) is 1. The Morgan fingerprint density at radius 3 is 1.56 bits per heavy atom. The topological polar surface area (TPSA) is 119 Å². The fourth-order valence-corrected chi connectivity index (χ4v) is 6.51. The van der Waals surface area contributed by atoms with Crippen molar-refractivity contribution in [2.75, 3.05) is 6.54 Å². The van der Waals surface area contributed by atoms with Gasteiger partial charge in [-0.1, -0.05) is 164 Å². The summed E-state index contributed by atoms with van der Waals surface area (Å²) >= 11 is 0. The van der Waals surface area contributed by atoms with Crippen molar-refractivity contribution in [3.05, 3.63) is 72.9 Å². The number of hydrogen-bond acceptors (Lipinski definition) is 5. The van der Waals surface area contributed by atoms with E-state index in [4.69, 9.17) is 10.5 Å². The standard InChI is InChI=1S/C50H86N2O5/c1-3-5-7-9-11-13-14-15-16-17-18-19-20-21-22-23-24-25-26-28-30-32-38-44-49(54)57-46(40-35-31-29-27-12-10-8-6-4-2)41-36-33-34-37-43-48(53)52-47(50(55)56)42-39-45-51/h5,7,11,13,15-16,18-19,27,29,35,40,46-47H,3-4,6,8-10,12,14,17,20-26,28,30-34,36-39,41-45,51H2,1-2H3,(H,52,53)(H,55,56)/b7-5-,13-11-,16-15-,19-18-,29-27-,40-35-. The van der Waals surface area contributed by atoms with Gasteiger partial charge in [0.05, 0.1) is 0 Å². The van der Waals surface area contributed by atoms with Gasteiger partial charge in [0.15, 0.2) is 0 Å². The highest BCUT2D eigenvalue weighted by Gasteiger charge is 2.19. The van der Waals surface area contributed by atoms with Crippen LogP contribution in [0.1, 0.15) is 206 Å². The fraction of sp³-hybridized carbons (Fsp3) is 0.700. The van der Waals surface area contributed by atoms with E-state index in [1.54, 1.807) is 0 Å². The predicted octanol–water partition coefficient (Wildman–Crippen LogP) is 13.5. The molecule has 57 heavy (non-hydrogen) atoms. The molecule has 0 aromatic heterocycles. The van der Waals surface area contributed by atoms with Crippen molar-refractivity contribution in [3.63, 3.8) is 0 Å². The minimum Gasteiger partial charge on any atom is -0.480 e. The molecule has 4 N–H and O–H groups in total. The Kier molecular flexibility index (Phi) is 41.5. The van der Waals surface area contributed by atoms with Crippen LogP contribution in [0.4, 0.5) is 0 Å². The van der Waals surface area contributed by atoms with E-state index in [2.05, 4.69) is 86.0 Å². The summed E-state index contributed by atoms with van der Waals surface area (Å²) in [5, 5.41) is 11.9. The minimum atomic E-state index is -1.02. The summed E-state index contributed by atoms with van der Waals surface area (Å²) in [6.07, 6.45) is 56.9. The number of esters is 1. The third-order valence-electron chi connectivity index (χ3n) is 9.99. The van der Waals surface area contributed by atoms with E-state index >= 15 is 0 Å². The van der Waals surface area contributed by atoms with Crippen LogP contribution >= 0.6 is 0 Å². The van der Waals surface area contributed by atoms with Crippen molar-refractivity contribution < 1.29 is 24.2 Å². The van der Waals surface area contributed by atoms with Crippen LogP contribution in [-0.2, 0) is 19.1 Å². The molecule has 0 radical (unpaired) electrons. The van der Waals surface area contributed by atoms with E-state index in [9.17, 15) is 19.5 Å². The lowest BCUT2D eigenvalue weighted by Crippen LogP contribution is -2.40. The summed E-state index contributed by atoms with van der Waals surface area (Å²) in [6.45, 7) is 4.79. The SMILES string of the molecule is CC/C=C\C/C=C\C/C=C\C/C=C\CCCCCCCCCCCCC(=O)OC(/C=C\C/C=C\CCCCCC)CCCCCCC(=O)NC(CCCN)C(=O)O. The molecule has 0 aliphatic rings. The minimum absolute atomic E-state index is 0.110. The van der Waals surface area contributed by atoms with Gasteiger partial charge in [-0.3, -0.25) is 9.59 Å². The summed E-state index contributed by atoms with van der Waals surface area (Å²) in [5.74, 6) is -1.36. The molecule has 0 bridgehead atoms. The number of nitrogens with one attached hydrogen (secondary N) is 1. The molecule has 0 spiro atoms. The average Bonchev–Trinajstić information content (AvgIpc) is 3.20. The Morgan fingerprint density at radius 1 is 0.544 bits per heavy atom. The Labute approximate surface area is 350 Å². The second-order valence-corrected chi connectivity index (χ2v) is 15.4.